The summed E-state index contributed by atoms with van der Waals surface area (Å²) in [6.07, 6.45) is 9.99. The van der Waals surface area contributed by atoms with Crippen molar-refractivity contribution in [3.05, 3.63) is 112 Å². The summed E-state index contributed by atoms with van der Waals surface area (Å²) in [7, 11) is 0. The van der Waals surface area contributed by atoms with Crippen LogP contribution < -0.4 is 0 Å². The van der Waals surface area contributed by atoms with Crippen LogP contribution in [0, 0.1) is 23.7 Å². The first-order chi connectivity index (χ1) is 16.7. The van der Waals surface area contributed by atoms with Crippen LogP contribution >= 0.6 is 0 Å². The fourth-order valence-corrected chi connectivity index (χ4v) is 4.06. The molecule has 3 rings (SSSR count). The molecule has 172 valence electrons. The lowest BCUT2D eigenvalue weighted by Crippen LogP contribution is -1.96. The predicted octanol–water partition coefficient (Wildman–Crippen LogP) is 8.38. The van der Waals surface area contributed by atoms with Gasteiger partial charge in [-0.15, -0.1) is 0 Å². The molecular weight excluding hydrogens is 408 g/mol. The second-order valence-corrected chi connectivity index (χ2v) is 8.71. The van der Waals surface area contributed by atoms with Gasteiger partial charge in [0.25, 0.3) is 0 Å². The van der Waals surface area contributed by atoms with Gasteiger partial charge < -0.3 is 0 Å². The Labute approximate surface area is 207 Å². The van der Waals surface area contributed by atoms with Gasteiger partial charge >= 0.3 is 0 Å². The van der Waals surface area contributed by atoms with Gasteiger partial charge in [0.05, 0.1) is 0 Å². The molecule has 0 aliphatic heterocycles. The molecule has 0 aliphatic rings. The normalized spacial score (nSPS) is 10.1. The monoisotopic (exact) mass is 444 g/mol. The average Bonchev–Trinajstić information content (AvgIpc) is 2.89. The average molecular weight is 445 g/mol. The van der Waals surface area contributed by atoms with Crippen molar-refractivity contribution in [2.45, 2.75) is 65.7 Å². The van der Waals surface area contributed by atoms with E-state index in [0.717, 1.165) is 47.1 Å². The molecule has 0 spiro atoms. The maximum Gasteiger partial charge on any atom is 0.0324 e. The molecule has 0 heterocycles. The SMILES string of the molecule is C=Cc1c(C#Cc2ccc(CCCC)cc2)ccc(C#Cc2ccc(CCCC)cc2)c1CC. The van der Waals surface area contributed by atoms with E-state index in [1.807, 2.05) is 6.08 Å². The highest BCUT2D eigenvalue weighted by Crippen LogP contribution is 2.21. The molecule has 0 heteroatoms. The van der Waals surface area contributed by atoms with Gasteiger partial charge in [-0.25, -0.2) is 0 Å². The van der Waals surface area contributed by atoms with Crippen molar-refractivity contribution in [3.8, 4) is 23.7 Å². The Kier molecular flexibility index (Phi) is 9.82. The summed E-state index contributed by atoms with van der Waals surface area (Å²) < 4.78 is 0. The molecule has 0 aliphatic carbocycles. The summed E-state index contributed by atoms with van der Waals surface area (Å²) in [5, 5.41) is 0. The Bertz CT molecular complexity index is 1200. The zero-order valence-corrected chi connectivity index (χ0v) is 21.0. The molecule has 34 heavy (non-hydrogen) atoms. The minimum absolute atomic E-state index is 0.892. The Morgan fingerprint density at radius 3 is 1.53 bits per heavy atom. The van der Waals surface area contributed by atoms with Gasteiger partial charge in [-0.3, -0.25) is 0 Å². The van der Waals surface area contributed by atoms with Gasteiger partial charge in [-0.1, -0.05) is 94.2 Å². The number of hydrogen-bond acceptors (Lipinski definition) is 0. The van der Waals surface area contributed by atoms with E-state index in [-0.39, 0.29) is 0 Å². The van der Waals surface area contributed by atoms with Crippen molar-refractivity contribution in [2.75, 3.05) is 0 Å². The largest absolute Gasteiger partial charge is 0.0984 e. The molecule has 0 radical (unpaired) electrons. The third-order valence-corrected chi connectivity index (χ3v) is 6.14. The van der Waals surface area contributed by atoms with Crippen molar-refractivity contribution in [2.24, 2.45) is 0 Å². The van der Waals surface area contributed by atoms with Gasteiger partial charge in [0.1, 0.15) is 0 Å². The smallest absolute Gasteiger partial charge is 0.0324 e. The fourth-order valence-electron chi connectivity index (χ4n) is 4.06. The quantitative estimate of drug-likeness (QED) is 0.306. The number of aryl methyl sites for hydroxylation is 2. The van der Waals surface area contributed by atoms with Crippen molar-refractivity contribution in [3.63, 3.8) is 0 Å². The van der Waals surface area contributed by atoms with Gasteiger partial charge in [0.15, 0.2) is 0 Å². The van der Waals surface area contributed by atoms with E-state index in [1.54, 1.807) is 0 Å². The van der Waals surface area contributed by atoms with Crippen LogP contribution in [-0.2, 0) is 19.3 Å². The summed E-state index contributed by atoms with van der Waals surface area (Å²) >= 11 is 0. The molecule has 0 fully saturated rings. The van der Waals surface area contributed by atoms with E-state index in [2.05, 4.69) is 112 Å². The number of benzene rings is 3. The highest BCUT2D eigenvalue weighted by Gasteiger charge is 2.07. The molecule has 0 aromatic heterocycles. The molecule has 3 aromatic rings. The minimum atomic E-state index is 0.892. The lowest BCUT2D eigenvalue weighted by molar-refractivity contribution is 0.795. The van der Waals surface area contributed by atoms with Crippen LogP contribution in [0.3, 0.4) is 0 Å². The van der Waals surface area contributed by atoms with E-state index in [9.17, 15) is 0 Å². The second-order valence-electron chi connectivity index (χ2n) is 8.71. The molecule has 0 nitrogen and oxygen atoms in total. The van der Waals surface area contributed by atoms with Gasteiger partial charge in [0.2, 0.25) is 0 Å². The topological polar surface area (TPSA) is 0 Å². The summed E-state index contributed by atoms with van der Waals surface area (Å²) in [4.78, 5) is 0. The van der Waals surface area contributed by atoms with Crippen LogP contribution in [0.1, 0.15) is 91.0 Å². The van der Waals surface area contributed by atoms with Crippen LogP contribution in [0.5, 0.6) is 0 Å². The molecule has 0 N–H and O–H groups in total. The Hall–Kier alpha value is -3.48. The first-order valence-corrected chi connectivity index (χ1v) is 12.7. The van der Waals surface area contributed by atoms with E-state index in [0.29, 0.717) is 0 Å². The summed E-state index contributed by atoms with van der Waals surface area (Å²) in [5.74, 6) is 13.4. The number of unbranched alkanes of at least 4 members (excludes halogenated alkanes) is 2. The minimum Gasteiger partial charge on any atom is -0.0984 e. The maximum absolute atomic E-state index is 4.07. The Balaban J connectivity index is 1.83. The van der Waals surface area contributed by atoms with Crippen LogP contribution in [0.15, 0.2) is 67.2 Å². The van der Waals surface area contributed by atoms with Gasteiger partial charge in [-0.2, -0.15) is 0 Å². The van der Waals surface area contributed by atoms with Crippen molar-refractivity contribution in [1.82, 2.24) is 0 Å². The molecule has 0 amide bonds. The van der Waals surface area contributed by atoms with Crippen LogP contribution in [-0.4, -0.2) is 0 Å². The summed E-state index contributed by atoms with van der Waals surface area (Å²) in [5.41, 5.74) is 9.22. The van der Waals surface area contributed by atoms with Crippen LogP contribution in [0.4, 0.5) is 0 Å². The van der Waals surface area contributed by atoms with E-state index in [1.165, 1.54) is 42.4 Å². The highest BCUT2D eigenvalue weighted by atomic mass is 14.1. The van der Waals surface area contributed by atoms with Crippen molar-refractivity contribution >= 4 is 6.08 Å². The van der Waals surface area contributed by atoms with Gasteiger partial charge in [-0.05, 0) is 90.8 Å². The summed E-state index contributed by atoms with van der Waals surface area (Å²) in [6.45, 7) is 10.7. The molecule has 3 aromatic carbocycles. The molecule has 0 saturated carbocycles. The Morgan fingerprint density at radius 1 is 0.618 bits per heavy atom. The third kappa shape index (κ3) is 7.01. The van der Waals surface area contributed by atoms with Crippen LogP contribution in [0.2, 0.25) is 0 Å². The third-order valence-electron chi connectivity index (χ3n) is 6.14. The standard InChI is InChI=1S/C34H36/c1-5-9-11-27-13-17-29(18-14-27)21-23-31-25-26-32(34(8-4)33(31)7-3)24-22-30-19-15-28(16-20-30)12-10-6-2/h7,13-20,25-26H,3,5-6,8-12H2,1-2,4H3. The zero-order chi connectivity index (χ0) is 24.2. The number of hydrogen-bond donors (Lipinski definition) is 0. The van der Waals surface area contributed by atoms with Crippen molar-refractivity contribution in [1.29, 1.82) is 0 Å². The lowest BCUT2D eigenvalue weighted by atomic mass is 9.94. The lowest BCUT2D eigenvalue weighted by Gasteiger charge is -2.09. The van der Waals surface area contributed by atoms with Gasteiger partial charge in [0, 0.05) is 22.3 Å². The highest BCUT2D eigenvalue weighted by molar-refractivity contribution is 5.66. The van der Waals surface area contributed by atoms with E-state index < -0.39 is 0 Å². The summed E-state index contributed by atoms with van der Waals surface area (Å²) in [6, 6.07) is 21.5. The Morgan fingerprint density at radius 2 is 1.09 bits per heavy atom. The molecule has 0 bridgehead atoms. The predicted molar refractivity (Wildman–Crippen MR) is 148 cm³/mol. The zero-order valence-electron chi connectivity index (χ0n) is 21.0. The molecule has 0 saturated heterocycles. The van der Waals surface area contributed by atoms with Crippen LogP contribution in [0.25, 0.3) is 6.08 Å². The first kappa shape index (κ1) is 25.1. The first-order valence-electron chi connectivity index (χ1n) is 12.7. The fraction of sp³-hybridized carbons (Fsp3) is 0.294. The second kappa shape index (κ2) is 13.3. The van der Waals surface area contributed by atoms with E-state index >= 15 is 0 Å². The van der Waals surface area contributed by atoms with Crippen molar-refractivity contribution < 1.29 is 0 Å². The maximum atomic E-state index is 4.07. The molecular formula is C34H36. The number of rotatable bonds is 8. The van der Waals surface area contributed by atoms with E-state index in [4.69, 9.17) is 0 Å². The molecule has 0 unspecified atom stereocenters. The molecule has 0 atom stereocenters.